The topological polar surface area (TPSA) is 52.8 Å². The summed E-state index contributed by atoms with van der Waals surface area (Å²) in [5.41, 5.74) is 3.75. The number of fused-ring (bicyclic) bond motifs is 3. The lowest BCUT2D eigenvalue weighted by Gasteiger charge is -2.33. The molecule has 1 unspecified atom stereocenters. The number of carbonyl (C=O) groups excluding carboxylic acids is 1. The fourth-order valence-corrected chi connectivity index (χ4v) is 5.40. The van der Waals surface area contributed by atoms with Gasteiger partial charge in [-0.3, -0.25) is 4.40 Å². The number of hydrogen-bond donors (Lipinski definition) is 0. The van der Waals surface area contributed by atoms with Gasteiger partial charge in [-0.15, -0.1) is 11.3 Å². The van der Waals surface area contributed by atoms with Gasteiger partial charge in [-0.25, -0.2) is 9.78 Å². The van der Waals surface area contributed by atoms with E-state index >= 15 is 0 Å². The smallest absolute Gasteiger partial charge is 0.359 e. The van der Waals surface area contributed by atoms with Crippen LogP contribution in [-0.4, -0.2) is 29.1 Å². The molecule has 2 aromatic heterocycles. The van der Waals surface area contributed by atoms with Crippen molar-refractivity contribution in [3.8, 4) is 17.0 Å². The Bertz CT molecular complexity index is 1040. The number of carbonyl (C=O) groups is 1. The SMILES string of the molecule is CCOC(=O)c1nc2sc3c(n2c1-c1ccc(OC)cc1)CCC(C(C)(C)C)C3. The molecule has 1 aromatic carbocycles. The summed E-state index contributed by atoms with van der Waals surface area (Å²) in [6.45, 7) is 9.12. The van der Waals surface area contributed by atoms with Crippen molar-refractivity contribution in [1.29, 1.82) is 0 Å². The largest absolute Gasteiger partial charge is 0.497 e. The van der Waals surface area contributed by atoms with Gasteiger partial charge in [-0.05, 0) is 61.8 Å². The van der Waals surface area contributed by atoms with E-state index in [1.807, 2.05) is 31.2 Å². The minimum atomic E-state index is -0.369. The van der Waals surface area contributed by atoms with Crippen molar-refractivity contribution in [2.45, 2.75) is 47.0 Å². The van der Waals surface area contributed by atoms with Crippen molar-refractivity contribution in [2.75, 3.05) is 13.7 Å². The van der Waals surface area contributed by atoms with Crippen molar-refractivity contribution in [3.63, 3.8) is 0 Å². The Morgan fingerprint density at radius 1 is 1.28 bits per heavy atom. The highest BCUT2D eigenvalue weighted by Crippen LogP contribution is 2.42. The van der Waals surface area contributed by atoms with Crippen molar-refractivity contribution in [1.82, 2.24) is 9.38 Å². The summed E-state index contributed by atoms with van der Waals surface area (Å²) >= 11 is 1.71. The molecule has 2 heterocycles. The predicted octanol–water partition coefficient (Wildman–Crippen LogP) is 5.40. The van der Waals surface area contributed by atoms with Crippen LogP contribution in [0, 0.1) is 11.3 Å². The molecule has 5 nitrogen and oxygen atoms in total. The zero-order valence-corrected chi connectivity index (χ0v) is 18.6. The van der Waals surface area contributed by atoms with Crippen LogP contribution in [0.2, 0.25) is 0 Å². The Morgan fingerprint density at radius 2 is 2.00 bits per heavy atom. The van der Waals surface area contributed by atoms with Crippen LogP contribution < -0.4 is 4.74 Å². The van der Waals surface area contributed by atoms with Gasteiger partial charge >= 0.3 is 5.97 Å². The summed E-state index contributed by atoms with van der Waals surface area (Å²) in [5, 5.41) is 0. The summed E-state index contributed by atoms with van der Waals surface area (Å²) in [4.78, 5) is 19.6. The molecule has 0 aliphatic heterocycles. The minimum Gasteiger partial charge on any atom is -0.497 e. The maximum absolute atomic E-state index is 12.7. The van der Waals surface area contributed by atoms with E-state index in [1.165, 1.54) is 10.6 Å². The molecule has 0 fully saturated rings. The summed E-state index contributed by atoms with van der Waals surface area (Å²) in [6, 6.07) is 7.79. The maximum Gasteiger partial charge on any atom is 0.359 e. The molecule has 1 aliphatic carbocycles. The fourth-order valence-electron chi connectivity index (χ4n) is 4.16. The molecule has 0 amide bonds. The highest BCUT2D eigenvalue weighted by atomic mass is 32.1. The van der Waals surface area contributed by atoms with Crippen LogP contribution in [0.3, 0.4) is 0 Å². The first-order valence-corrected chi connectivity index (χ1v) is 11.0. The van der Waals surface area contributed by atoms with E-state index in [9.17, 15) is 4.79 Å². The van der Waals surface area contributed by atoms with Gasteiger partial charge in [0, 0.05) is 16.1 Å². The number of rotatable bonds is 4. The molecule has 154 valence electrons. The van der Waals surface area contributed by atoms with Crippen LogP contribution in [0.1, 0.15) is 55.2 Å². The van der Waals surface area contributed by atoms with E-state index in [4.69, 9.17) is 14.5 Å². The van der Waals surface area contributed by atoms with E-state index in [1.54, 1.807) is 18.4 Å². The quantitative estimate of drug-likeness (QED) is 0.539. The average Bonchev–Trinajstić information content (AvgIpc) is 3.23. The van der Waals surface area contributed by atoms with Crippen LogP contribution in [0.5, 0.6) is 5.75 Å². The third-order valence-electron chi connectivity index (χ3n) is 5.87. The van der Waals surface area contributed by atoms with Crippen LogP contribution in [0.25, 0.3) is 16.2 Å². The van der Waals surface area contributed by atoms with Crippen molar-refractivity contribution >= 4 is 22.3 Å². The third kappa shape index (κ3) is 3.54. The molecule has 1 aliphatic rings. The lowest BCUT2D eigenvalue weighted by Crippen LogP contribution is -2.26. The molecule has 1 atom stereocenters. The van der Waals surface area contributed by atoms with Gasteiger partial charge in [-0.2, -0.15) is 0 Å². The number of imidazole rings is 1. The molecule has 0 saturated carbocycles. The summed E-state index contributed by atoms with van der Waals surface area (Å²) < 4.78 is 12.8. The average molecular weight is 413 g/mol. The Kier molecular flexibility index (Phi) is 5.15. The zero-order chi connectivity index (χ0) is 20.8. The number of benzene rings is 1. The van der Waals surface area contributed by atoms with Gasteiger partial charge in [0.25, 0.3) is 0 Å². The lowest BCUT2D eigenvalue weighted by atomic mass is 9.73. The Morgan fingerprint density at radius 3 is 2.62 bits per heavy atom. The first-order valence-electron chi connectivity index (χ1n) is 10.2. The predicted molar refractivity (Wildman–Crippen MR) is 116 cm³/mol. The normalized spacial score (nSPS) is 16.7. The summed E-state index contributed by atoms with van der Waals surface area (Å²) in [7, 11) is 1.65. The number of aromatic nitrogens is 2. The second-order valence-corrected chi connectivity index (χ2v) is 9.72. The van der Waals surface area contributed by atoms with Gasteiger partial charge < -0.3 is 9.47 Å². The molecule has 6 heteroatoms. The second-order valence-electron chi connectivity index (χ2n) is 8.65. The molecule has 0 N–H and O–H groups in total. The van der Waals surface area contributed by atoms with E-state index < -0.39 is 0 Å². The Balaban J connectivity index is 1.87. The Hall–Kier alpha value is -2.34. The van der Waals surface area contributed by atoms with E-state index in [0.29, 0.717) is 23.6 Å². The van der Waals surface area contributed by atoms with E-state index in [-0.39, 0.29) is 5.97 Å². The summed E-state index contributed by atoms with van der Waals surface area (Å²) in [6.07, 6.45) is 3.22. The van der Waals surface area contributed by atoms with Crippen LogP contribution in [0.15, 0.2) is 24.3 Å². The van der Waals surface area contributed by atoms with Gasteiger partial charge in [0.15, 0.2) is 10.7 Å². The van der Waals surface area contributed by atoms with E-state index in [2.05, 4.69) is 25.2 Å². The molecule has 0 radical (unpaired) electrons. The number of hydrogen-bond acceptors (Lipinski definition) is 5. The van der Waals surface area contributed by atoms with Crippen LogP contribution in [0.4, 0.5) is 0 Å². The number of thiazole rings is 1. The number of nitrogens with zero attached hydrogens (tertiary/aromatic N) is 2. The fraction of sp³-hybridized carbons (Fsp3) is 0.478. The molecule has 0 saturated heterocycles. The number of esters is 1. The van der Waals surface area contributed by atoms with Gasteiger partial charge in [0.1, 0.15) is 5.75 Å². The Labute approximate surface area is 175 Å². The molecule has 0 bridgehead atoms. The van der Waals surface area contributed by atoms with E-state index in [0.717, 1.165) is 41.2 Å². The highest BCUT2D eigenvalue weighted by molar-refractivity contribution is 7.17. The minimum absolute atomic E-state index is 0.290. The monoisotopic (exact) mass is 412 g/mol. The highest BCUT2D eigenvalue weighted by Gasteiger charge is 2.33. The van der Waals surface area contributed by atoms with Crippen LogP contribution in [-0.2, 0) is 17.6 Å². The number of aryl methyl sites for hydroxylation is 1. The second kappa shape index (κ2) is 7.48. The first-order chi connectivity index (χ1) is 13.8. The maximum atomic E-state index is 12.7. The third-order valence-corrected chi connectivity index (χ3v) is 6.98. The molecule has 3 aromatic rings. The van der Waals surface area contributed by atoms with Crippen molar-refractivity contribution in [2.24, 2.45) is 11.3 Å². The number of methoxy groups -OCH3 is 1. The molecular weight excluding hydrogens is 384 g/mol. The standard InChI is InChI=1S/C23H28N2O3S/c1-6-28-21(26)19-20(14-7-10-16(27-5)11-8-14)25-17-12-9-15(23(2,3)4)13-18(17)29-22(25)24-19/h7-8,10-11,15H,6,9,12-13H2,1-5H3. The summed E-state index contributed by atoms with van der Waals surface area (Å²) in [5.74, 6) is 1.08. The van der Waals surface area contributed by atoms with Crippen molar-refractivity contribution < 1.29 is 14.3 Å². The van der Waals surface area contributed by atoms with Crippen molar-refractivity contribution in [3.05, 3.63) is 40.5 Å². The molecular formula is C23H28N2O3S. The van der Waals surface area contributed by atoms with Gasteiger partial charge in [0.2, 0.25) is 0 Å². The van der Waals surface area contributed by atoms with Gasteiger partial charge in [0.05, 0.1) is 19.4 Å². The molecule has 0 spiro atoms. The lowest BCUT2D eigenvalue weighted by molar-refractivity contribution is 0.0521. The molecule has 29 heavy (non-hydrogen) atoms. The first kappa shape index (κ1) is 20.0. The molecule has 4 rings (SSSR count). The zero-order valence-electron chi connectivity index (χ0n) is 17.7. The van der Waals surface area contributed by atoms with Crippen LogP contribution >= 0.6 is 11.3 Å². The van der Waals surface area contributed by atoms with Gasteiger partial charge in [-0.1, -0.05) is 20.8 Å². The number of ether oxygens (including phenoxy) is 2.